The van der Waals surface area contributed by atoms with Crippen molar-refractivity contribution in [1.29, 1.82) is 0 Å². The minimum atomic E-state index is -4.45. The Morgan fingerprint density at radius 2 is 2.18 bits per heavy atom. The third-order valence-corrected chi connectivity index (χ3v) is 2.52. The first-order valence-electron chi connectivity index (χ1n) is 4.64. The zero-order chi connectivity index (χ0) is 12.6. The van der Waals surface area contributed by atoms with Gasteiger partial charge in [-0.25, -0.2) is 0 Å². The van der Waals surface area contributed by atoms with Crippen LogP contribution in [0, 0.1) is 0 Å². The van der Waals surface area contributed by atoms with Gasteiger partial charge in [0, 0.05) is 13.2 Å². The van der Waals surface area contributed by atoms with Crippen LogP contribution < -0.4 is 5.43 Å². The molecule has 0 aromatic carbocycles. The highest BCUT2D eigenvalue weighted by Gasteiger charge is 2.32. The highest BCUT2D eigenvalue weighted by Crippen LogP contribution is 2.31. The van der Waals surface area contributed by atoms with E-state index >= 15 is 0 Å². The summed E-state index contributed by atoms with van der Waals surface area (Å²) in [5, 5.41) is 3.83. The molecule has 2 heterocycles. The first kappa shape index (κ1) is 12.0. The summed E-state index contributed by atoms with van der Waals surface area (Å²) in [6, 6.07) is 0.846. The maximum absolute atomic E-state index is 12.4. The van der Waals surface area contributed by atoms with Gasteiger partial charge < -0.3 is 4.90 Å². The molecule has 4 nitrogen and oxygen atoms in total. The van der Waals surface area contributed by atoms with E-state index in [0.717, 1.165) is 12.3 Å². The van der Waals surface area contributed by atoms with E-state index in [2.05, 4.69) is 15.5 Å². The molecule has 0 saturated heterocycles. The van der Waals surface area contributed by atoms with Gasteiger partial charge in [-0.15, -0.1) is 0 Å². The Kier molecular flexibility index (Phi) is 2.86. The number of hydrogen-bond acceptors (Lipinski definition) is 4. The first-order chi connectivity index (χ1) is 7.89. The van der Waals surface area contributed by atoms with Gasteiger partial charge in [0.1, 0.15) is 12.4 Å². The van der Waals surface area contributed by atoms with Gasteiger partial charge in [0.2, 0.25) is 0 Å². The third kappa shape index (κ3) is 2.28. The minimum absolute atomic E-state index is 0.0749. The zero-order valence-corrected chi connectivity index (χ0v) is 9.47. The van der Waals surface area contributed by atoms with Crippen molar-refractivity contribution in [2.75, 3.05) is 13.7 Å². The molecule has 2 rings (SSSR count). The lowest BCUT2D eigenvalue weighted by Crippen LogP contribution is -2.26. The SMILES string of the molecule is CN1CNN=C1c1ncc(C(F)(F)F)cc1Cl. The van der Waals surface area contributed by atoms with Crippen LogP contribution in [0.2, 0.25) is 5.02 Å². The van der Waals surface area contributed by atoms with Crippen molar-refractivity contribution >= 4 is 17.4 Å². The topological polar surface area (TPSA) is 40.5 Å². The van der Waals surface area contributed by atoms with E-state index in [4.69, 9.17) is 11.6 Å². The number of nitrogens with one attached hydrogen (secondary N) is 1. The summed E-state index contributed by atoms with van der Waals surface area (Å²) in [5.41, 5.74) is 2.04. The molecule has 0 atom stereocenters. The van der Waals surface area contributed by atoms with E-state index in [-0.39, 0.29) is 10.7 Å². The normalized spacial score (nSPS) is 15.8. The fourth-order valence-electron chi connectivity index (χ4n) is 1.37. The molecular weight excluding hydrogens is 257 g/mol. The van der Waals surface area contributed by atoms with E-state index in [1.165, 1.54) is 0 Å². The van der Waals surface area contributed by atoms with E-state index in [9.17, 15) is 13.2 Å². The molecule has 1 aliphatic rings. The lowest BCUT2D eigenvalue weighted by Gasteiger charge is -2.13. The molecule has 1 aliphatic heterocycles. The first-order valence-corrected chi connectivity index (χ1v) is 5.02. The smallest absolute Gasteiger partial charge is 0.337 e. The van der Waals surface area contributed by atoms with E-state index < -0.39 is 11.7 Å². The fourth-order valence-corrected chi connectivity index (χ4v) is 1.62. The Morgan fingerprint density at radius 1 is 1.47 bits per heavy atom. The number of rotatable bonds is 1. The van der Waals surface area contributed by atoms with Crippen molar-refractivity contribution in [3.63, 3.8) is 0 Å². The number of amidine groups is 1. The molecule has 17 heavy (non-hydrogen) atoms. The molecule has 1 aromatic heterocycles. The van der Waals surface area contributed by atoms with Gasteiger partial charge in [0.15, 0.2) is 5.84 Å². The zero-order valence-electron chi connectivity index (χ0n) is 8.72. The van der Waals surface area contributed by atoms with Gasteiger partial charge in [-0.1, -0.05) is 11.6 Å². The number of alkyl halides is 3. The average Bonchev–Trinajstić information content (AvgIpc) is 2.63. The van der Waals surface area contributed by atoms with Gasteiger partial charge in [0.25, 0.3) is 0 Å². The minimum Gasteiger partial charge on any atom is -0.337 e. The van der Waals surface area contributed by atoms with E-state index in [1.807, 2.05) is 0 Å². The highest BCUT2D eigenvalue weighted by molar-refractivity contribution is 6.33. The van der Waals surface area contributed by atoms with Gasteiger partial charge in [-0.2, -0.15) is 18.3 Å². The lowest BCUT2D eigenvalue weighted by molar-refractivity contribution is -0.137. The largest absolute Gasteiger partial charge is 0.417 e. The molecule has 0 saturated carbocycles. The molecule has 0 fully saturated rings. The molecule has 8 heteroatoms. The van der Waals surface area contributed by atoms with Gasteiger partial charge in [-0.05, 0) is 6.07 Å². The van der Waals surface area contributed by atoms with Crippen LogP contribution in [-0.2, 0) is 6.18 Å². The number of halogens is 4. The molecule has 0 aliphatic carbocycles. The summed E-state index contributed by atoms with van der Waals surface area (Å²) in [4.78, 5) is 5.41. The monoisotopic (exact) mass is 264 g/mol. The fraction of sp³-hybridized carbons (Fsp3) is 0.333. The van der Waals surface area contributed by atoms with Crippen LogP contribution >= 0.6 is 11.6 Å². The predicted molar refractivity (Wildman–Crippen MR) is 56.6 cm³/mol. The maximum atomic E-state index is 12.4. The Morgan fingerprint density at radius 3 is 2.65 bits per heavy atom. The number of nitrogens with zero attached hydrogens (tertiary/aromatic N) is 3. The van der Waals surface area contributed by atoms with Crippen LogP contribution in [-0.4, -0.2) is 29.4 Å². The number of aromatic nitrogens is 1. The summed E-state index contributed by atoms with van der Waals surface area (Å²) < 4.78 is 37.2. The number of pyridine rings is 1. The molecule has 0 amide bonds. The quantitative estimate of drug-likeness (QED) is 0.842. The average molecular weight is 265 g/mol. The van der Waals surface area contributed by atoms with Crippen molar-refractivity contribution in [1.82, 2.24) is 15.3 Å². The van der Waals surface area contributed by atoms with Crippen LogP contribution in [0.25, 0.3) is 0 Å². The molecule has 92 valence electrons. The van der Waals surface area contributed by atoms with Crippen LogP contribution in [0.3, 0.4) is 0 Å². The van der Waals surface area contributed by atoms with Gasteiger partial charge in [0.05, 0.1) is 10.6 Å². The van der Waals surface area contributed by atoms with Crippen LogP contribution in [0.15, 0.2) is 17.4 Å². The summed E-state index contributed by atoms with van der Waals surface area (Å²) >= 11 is 5.78. The summed E-state index contributed by atoms with van der Waals surface area (Å²) in [5.74, 6) is 0.420. The van der Waals surface area contributed by atoms with Crippen molar-refractivity contribution in [3.05, 3.63) is 28.5 Å². The summed E-state index contributed by atoms with van der Waals surface area (Å²) in [6.45, 7) is 0.467. The third-order valence-electron chi connectivity index (χ3n) is 2.23. The second-order valence-electron chi connectivity index (χ2n) is 3.50. The van der Waals surface area contributed by atoms with E-state index in [0.29, 0.717) is 12.5 Å². The summed E-state index contributed by atoms with van der Waals surface area (Å²) in [6.07, 6.45) is -3.70. The van der Waals surface area contributed by atoms with Crippen LogP contribution in [0.1, 0.15) is 11.3 Å². The van der Waals surface area contributed by atoms with Crippen molar-refractivity contribution in [2.45, 2.75) is 6.18 Å². The molecule has 0 radical (unpaired) electrons. The second kappa shape index (κ2) is 4.06. The molecule has 0 bridgehead atoms. The lowest BCUT2D eigenvalue weighted by atomic mass is 10.2. The number of hydrazone groups is 1. The van der Waals surface area contributed by atoms with E-state index in [1.54, 1.807) is 11.9 Å². The van der Waals surface area contributed by atoms with Crippen LogP contribution in [0.5, 0.6) is 0 Å². The Hall–Kier alpha value is -1.50. The standard InChI is InChI=1S/C9H8ClF3N4/c1-17-4-15-16-8(17)7-6(10)2-5(3-14-7)9(11,12)13/h2-3,15H,4H2,1H3. The molecule has 1 N–H and O–H groups in total. The highest BCUT2D eigenvalue weighted by atomic mass is 35.5. The predicted octanol–water partition coefficient (Wildman–Crippen LogP) is 1.91. The molecular formula is C9H8ClF3N4. The molecule has 0 spiro atoms. The Bertz CT molecular complexity index is 472. The number of hydrogen-bond donors (Lipinski definition) is 1. The van der Waals surface area contributed by atoms with Gasteiger partial charge in [-0.3, -0.25) is 10.4 Å². The Labute approximate surface area is 100 Å². The maximum Gasteiger partial charge on any atom is 0.417 e. The second-order valence-corrected chi connectivity index (χ2v) is 3.91. The Balaban J connectivity index is 2.39. The van der Waals surface area contributed by atoms with Crippen molar-refractivity contribution < 1.29 is 13.2 Å². The van der Waals surface area contributed by atoms with Gasteiger partial charge >= 0.3 is 6.18 Å². The van der Waals surface area contributed by atoms with Crippen LogP contribution in [0.4, 0.5) is 13.2 Å². The van der Waals surface area contributed by atoms with Crippen molar-refractivity contribution in [3.8, 4) is 0 Å². The molecule has 1 aromatic rings. The summed E-state index contributed by atoms with van der Waals surface area (Å²) in [7, 11) is 1.73. The van der Waals surface area contributed by atoms with Crippen molar-refractivity contribution in [2.24, 2.45) is 5.10 Å². The molecule has 0 unspecified atom stereocenters.